The molecule has 3 atom stereocenters. The van der Waals surface area contributed by atoms with Crippen LogP contribution < -0.4 is 0 Å². The number of piperazine rings is 1. The summed E-state index contributed by atoms with van der Waals surface area (Å²) in [7, 11) is -6.96. The smallest absolute Gasteiger partial charge is 0.213 e. The van der Waals surface area contributed by atoms with Crippen LogP contribution in [-0.4, -0.2) is 76.2 Å². The molecule has 0 saturated carbocycles. The largest absolute Gasteiger partial charge is 0.355 e. The molecule has 2 aliphatic heterocycles. The first kappa shape index (κ1) is 15.1. The van der Waals surface area contributed by atoms with Gasteiger partial charge in [0.05, 0.1) is 25.2 Å². The first-order valence-electron chi connectivity index (χ1n) is 5.81. The van der Waals surface area contributed by atoms with Crippen LogP contribution in [0.15, 0.2) is 0 Å². The zero-order valence-electron chi connectivity index (χ0n) is 11.0. The average Bonchev–Trinajstić information content (AvgIpc) is 2.24. The van der Waals surface area contributed by atoms with Gasteiger partial charge in [0.1, 0.15) is 0 Å². The van der Waals surface area contributed by atoms with Crippen LogP contribution in [0.2, 0.25) is 0 Å². The molecule has 112 valence electrons. The predicted molar refractivity (Wildman–Crippen MR) is 67.2 cm³/mol. The van der Waals surface area contributed by atoms with Crippen molar-refractivity contribution in [1.29, 1.82) is 0 Å². The molecule has 0 unspecified atom stereocenters. The van der Waals surface area contributed by atoms with Crippen LogP contribution in [0.5, 0.6) is 0 Å². The lowest BCUT2D eigenvalue weighted by molar-refractivity contribution is -0.249. The molecule has 0 spiro atoms. The molecule has 2 aliphatic rings. The van der Waals surface area contributed by atoms with Crippen LogP contribution in [0, 0.1) is 0 Å². The lowest BCUT2D eigenvalue weighted by Crippen LogP contribution is -2.66. The van der Waals surface area contributed by atoms with E-state index in [0.717, 1.165) is 21.1 Å². The van der Waals surface area contributed by atoms with E-state index in [1.54, 1.807) is 6.92 Å². The first-order valence-corrected chi connectivity index (χ1v) is 9.51. The molecule has 0 N–H and O–H groups in total. The summed E-state index contributed by atoms with van der Waals surface area (Å²) in [5.41, 5.74) is 0. The highest BCUT2D eigenvalue weighted by Crippen LogP contribution is 2.28. The molecule has 8 nitrogen and oxygen atoms in total. The third-order valence-electron chi connectivity index (χ3n) is 3.08. The molecule has 0 aromatic rings. The SMILES string of the molecule is C[C@@H]1CO[C@@H]2[C@@H](O1)N(S(C)(=O)=O)CCN2S(C)(=O)=O. The third-order valence-corrected chi connectivity index (χ3v) is 5.56. The summed E-state index contributed by atoms with van der Waals surface area (Å²) in [6.45, 7) is 2.09. The fourth-order valence-electron chi connectivity index (χ4n) is 2.26. The number of hydrogen-bond acceptors (Lipinski definition) is 6. The van der Waals surface area contributed by atoms with Gasteiger partial charge in [0.15, 0.2) is 12.5 Å². The second-order valence-corrected chi connectivity index (χ2v) is 8.68. The maximum absolute atomic E-state index is 11.7. The van der Waals surface area contributed by atoms with Gasteiger partial charge in [-0.1, -0.05) is 0 Å². The van der Waals surface area contributed by atoms with Crippen LogP contribution >= 0.6 is 0 Å². The summed E-state index contributed by atoms with van der Waals surface area (Å²) >= 11 is 0. The Morgan fingerprint density at radius 1 is 0.947 bits per heavy atom. The molecule has 2 heterocycles. The minimum absolute atomic E-state index is 0.0587. The van der Waals surface area contributed by atoms with E-state index in [2.05, 4.69) is 0 Å². The normalized spacial score (nSPS) is 35.0. The summed E-state index contributed by atoms with van der Waals surface area (Å²) in [4.78, 5) is 0. The number of hydrogen-bond donors (Lipinski definition) is 0. The molecule has 2 rings (SSSR count). The third kappa shape index (κ3) is 3.09. The van der Waals surface area contributed by atoms with E-state index in [-0.39, 0.29) is 25.8 Å². The summed E-state index contributed by atoms with van der Waals surface area (Å²) in [6, 6.07) is 0. The van der Waals surface area contributed by atoms with E-state index in [9.17, 15) is 16.8 Å². The Morgan fingerprint density at radius 3 is 1.89 bits per heavy atom. The van der Waals surface area contributed by atoms with Crippen molar-refractivity contribution in [3.63, 3.8) is 0 Å². The average molecular weight is 314 g/mol. The molecule has 2 fully saturated rings. The van der Waals surface area contributed by atoms with Gasteiger partial charge in [-0.2, -0.15) is 8.61 Å². The van der Waals surface area contributed by atoms with Gasteiger partial charge in [-0.15, -0.1) is 0 Å². The number of fused-ring (bicyclic) bond motifs is 1. The van der Waals surface area contributed by atoms with Crippen molar-refractivity contribution in [3.8, 4) is 0 Å². The number of nitrogens with zero attached hydrogens (tertiary/aromatic N) is 2. The monoisotopic (exact) mass is 314 g/mol. The minimum atomic E-state index is -3.48. The molecular weight excluding hydrogens is 296 g/mol. The Bertz CT molecular complexity index is 545. The summed E-state index contributed by atoms with van der Waals surface area (Å²) in [5.74, 6) is 0. The first-order chi connectivity index (χ1) is 8.60. The molecule has 0 amide bonds. The van der Waals surface area contributed by atoms with Gasteiger partial charge in [0.25, 0.3) is 0 Å². The van der Waals surface area contributed by atoms with E-state index in [0.29, 0.717) is 0 Å². The Kier molecular flexibility index (Phi) is 3.93. The zero-order chi connectivity index (χ0) is 14.4. The lowest BCUT2D eigenvalue weighted by Gasteiger charge is -2.47. The summed E-state index contributed by atoms with van der Waals surface area (Å²) in [6.07, 6.45) is 0.00609. The highest BCUT2D eigenvalue weighted by Gasteiger charge is 2.48. The number of rotatable bonds is 2. The molecule has 0 aromatic heterocycles. The molecule has 0 radical (unpaired) electrons. The van der Waals surface area contributed by atoms with E-state index < -0.39 is 32.5 Å². The van der Waals surface area contributed by atoms with E-state index in [1.165, 1.54) is 0 Å². The van der Waals surface area contributed by atoms with Gasteiger partial charge >= 0.3 is 0 Å². The van der Waals surface area contributed by atoms with Gasteiger partial charge in [0, 0.05) is 13.1 Å². The molecule has 19 heavy (non-hydrogen) atoms. The maximum atomic E-state index is 11.7. The van der Waals surface area contributed by atoms with Gasteiger partial charge in [-0.3, -0.25) is 0 Å². The van der Waals surface area contributed by atoms with Crippen LogP contribution in [0.1, 0.15) is 6.92 Å². The quantitative estimate of drug-likeness (QED) is 0.623. The van der Waals surface area contributed by atoms with Gasteiger partial charge in [-0.25, -0.2) is 16.8 Å². The number of sulfonamides is 2. The molecule has 2 saturated heterocycles. The minimum Gasteiger partial charge on any atom is -0.355 e. The van der Waals surface area contributed by atoms with Crippen molar-refractivity contribution < 1.29 is 26.3 Å². The Hall–Kier alpha value is -0.260. The molecule has 0 aliphatic carbocycles. The Morgan fingerprint density at radius 2 is 1.42 bits per heavy atom. The number of ether oxygens (including phenoxy) is 2. The zero-order valence-corrected chi connectivity index (χ0v) is 12.6. The van der Waals surface area contributed by atoms with Crippen LogP contribution in [-0.2, 0) is 29.5 Å². The van der Waals surface area contributed by atoms with Crippen LogP contribution in [0.4, 0.5) is 0 Å². The topological polar surface area (TPSA) is 93.2 Å². The Labute approximate surface area is 113 Å². The maximum Gasteiger partial charge on any atom is 0.213 e. The van der Waals surface area contributed by atoms with Crippen molar-refractivity contribution in [3.05, 3.63) is 0 Å². The van der Waals surface area contributed by atoms with E-state index in [1.807, 2.05) is 0 Å². The molecule has 10 heteroatoms. The Balaban J connectivity index is 2.34. The van der Waals surface area contributed by atoms with Crippen LogP contribution in [0.25, 0.3) is 0 Å². The molecule has 0 aromatic carbocycles. The van der Waals surface area contributed by atoms with Gasteiger partial charge < -0.3 is 9.47 Å². The second kappa shape index (κ2) is 4.93. The summed E-state index contributed by atoms with van der Waals surface area (Å²) in [5, 5.41) is 0. The van der Waals surface area contributed by atoms with Crippen molar-refractivity contribution in [1.82, 2.24) is 8.61 Å². The highest BCUT2D eigenvalue weighted by atomic mass is 32.2. The molecule has 0 bridgehead atoms. The second-order valence-electron chi connectivity index (χ2n) is 4.81. The van der Waals surface area contributed by atoms with Gasteiger partial charge in [-0.05, 0) is 6.92 Å². The highest BCUT2D eigenvalue weighted by molar-refractivity contribution is 7.88. The molecular formula is C9H18N2O6S2. The predicted octanol–water partition coefficient (Wildman–Crippen LogP) is -1.39. The van der Waals surface area contributed by atoms with E-state index >= 15 is 0 Å². The van der Waals surface area contributed by atoms with Crippen LogP contribution in [0.3, 0.4) is 0 Å². The lowest BCUT2D eigenvalue weighted by atomic mass is 10.3. The fourth-order valence-corrected chi connectivity index (χ4v) is 4.16. The summed E-state index contributed by atoms with van der Waals surface area (Å²) < 4.78 is 60.2. The van der Waals surface area contributed by atoms with Gasteiger partial charge in [0.2, 0.25) is 20.0 Å². The standard InChI is InChI=1S/C9H18N2O6S2/c1-7-6-16-8-9(17-7)11(19(3,14)15)5-4-10(8)18(2,12)13/h7-9H,4-6H2,1-3H3/t7-,8-,9-/m1/s1. The van der Waals surface area contributed by atoms with Crippen molar-refractivity contribution in [2.24, 2.45) is 0 Å². The van der Waals surface area contributed by atoms with Crippen molar-refractivity contribution in [2.75, 3.05) is 32.2 Å². The fraction of sp³-hybridized carbons (Fsp3) is 1.00. The van der Waals surface area contributed by atoms with Crippen molar-refractivity contribution >= 4 is 20.0 Å². The van der Waals surface area contributed by atoms with Crippen molar-refractivity contribution in [2.45, 2.75) is 25.5 Å². The van der Waals surface area contributed by atoms with E-state index in [4.69, 9.17) is 9.47 Å².